The van der Waals surface area contributed by atoms with Crippen molar-refractivity contribution in [2.75, 3.05) is 0 Å². The smallest absolute Gasteiger partial charge is 0.166 e. The van der Waals surface area contributed by atoms with Gasteiger partial charge in [0.05, 0.1) is 0 Å². The van der Waals surface area contributed by atoms with Gasteiger partial charge in [0.2, 0.25) is 0 Å². The summed E-state index contributed by atoms with van der Waals surface area (Å²) in [6.45, 7) is 0. The predicted molar refractivity (Wildman–Crippen MR) is 73.0 cm³/mol. The number of aromatic hydroxyl groups is 1. The Hall–Kier alpha value is -1.31. The van der Waals surface area contributed by atoms with Gasteiger partial charge in [-0.3, -0.25) is 4.79 Å². The van der Waals surface area contributed by atoms with Crippen LogP contribution in [0, 0.1) is 29.6 Å². The van der Waals surface area contributed by atoms with Crippen molar-refractivity contribution in [3.63, 3.8) is 0 Å². The number of hydrogen-bond acceptors (Lipinski definition) is 2. The Morgan fingerprint density at radius 2 is 1.63 bits per heavy atom. The molecule has 0 saturated heterocycles. The van der Waals surface area contributed by atoms with E-state index in [4.69, 9.17) is 0 Å². The molecule has 4 fully saturated rings. The molecule has 4 saturated carbocycles. The van der Waals surface area contributed by atoms with E-state index in [1.54, 1.807) is 18.2 Å². The van der Waals surface area contributed by atoms with Gasteiger partial charge in [-0.2, -0.15) is 0 Å². The third-order valence-corrected chi connectivity index (χ3v) is 5.66. The molecule has 1 aromatic carbocycles. The molecule has 0 atom stereocenters. The van der Waals surface area contributed by atoms with Crippen molar-refractivity contribution in [1.29, 1.82) is 0 Å². The number of benzene rings is 1. The number of rotatable bonds is 2. The summed E-state index contributed by atoms with van der Waals surface area (Å²) in [6.07, 6.45) is 6.48. The van der Waals surface area contributed by atoms with E-state index in [2.05, 4.69) is 0 Å². The molecule has 4 bridgehead atoms. The van der Waals surface area contributed by atoms with Gasteiger partial charge in [-0.25, -0.2) is 0 Å². The van der Waals surface area contributed by atoms with Gasteiger partial charge in [0.15, 0.2) is 5.78 Å². The second kappa shape index (κ2) is 4.09. The van der Waals surface area contributed by atoms with E-state index in [-0.39, 0.29) is 17.5 Å². The SMILES string of the molecule is O=C(c1cccc(O)c1)C1C2CC3CC(C2)CC1C3. The highest BCUT2D eigenvalue weighted by Crippen LogP contribution is 2.57. The summed E-state index contributed by atoms with van der Waals surface area (Å²) >= 11 is 0. The van der Waals surface area contributed by atoms with Gasteiger partial charge < -0.3 is 5.11 Å². The first-order chi connectivity index (χ1) is 9.20. The Morgan fingerprint density at radius 3 is 2.21 bits per heavy atom. The van der Waals surface area contributed by atoms with Gasteiger partial charge in [-0.1, -0.05) is 12.1 Å². The van der Waals surface area contributed by atoms with Crippen LogP contribution in [0.25, 0.3) is 0 Å². The van der Waals surface area contributed by atoms with Gasteiger partial charge in [0.1, 0.15) is 5.75 Å². The standard InChI is InChI=1S/C17H20O2/c18-15-3-1-2-12(9-15)17(19)16-13-5-10-4-11(7-13)8-14(16)6-10/h1-3,9-11,13-14,16,18H,4-8H2. The Morgan fingerprint density at radius 1 is 1.00 bits per heavy atom. The average molecular weight is 256 g/mol. The van der Waals surface area contributed by atoms with E-state index in [9.17, 15) is 9.90 Å². The molecule has 0 aliphatic heterocycles. The van der Waals surface area contributed by atoms with Crippen LogP contribution in [0.15, 0.2) is 24.3 Å². The van der Waals surface area contributed by atoms with Crippen molar-refractivity contribution in [2.45, 2.75) is 32.1 Å². The maximum atomic E-state index is 12.8. The van der Waals surface area contributed by atoms with Crippen LogP contribution in [0.5, 0.6) is 5.75 Å². The molecule has 1 aromatic rings. The molecule has 0 amide bonds. The van der Waals surface area contributed by atoms with Gasteiger partial charge in [-0.15, -0.1) is 0 Å². The molecular weight excluding hydrogens is 236 g/mol. The summed E-state index contributed by atoms with van der Waals surface area (Å²) in [5, 5.41) is 9.56. The first-order valence-corrected chi connectivity index (χ1v) is 7.54. The van der Waals surface area contributed by atoms with Crippen molar-refractivity contribution in [1.82, 2.24) is 0 Å². The normalized spacial score (nSPS) is 39.5. The van der Waals surface area contributed by atoms with Crippen molar-refractivity contribution in [2.24, 2.45) is 29.6 Å². The van der Waals surface area contributed by atoms with Gasteiger partial charge in [0, 0.05) is 11.5 Å². The summed E-state index contributed by atoms with van der Waals surface area (Å²) in [5.74, 6) is 3.75. The maximum Gasteiger partial charge on any atom is 0.166 e. The fraction of sp³-hybridized carbons (Fsp3) is 0.588. The second-order valence-electron chi connectivity index (χ2n) is 6.87. The molecular formula is C17H20O2. The molecule has 2 nitrogen and oxygen atoms in total. The summed E-state index contributed by atoms with van der Waals surface area (Å²) in [4.78, 5) is 12.8. The molecule has 19 heavy (non-hydrogen) atoms. The third kappa shape index (κ3) is 1.80. The van der Waals surface area contributed by atoms with Crippen molar-refractivity contribution < 1.29 is 9.90 Å². The molecule has 4 aliphatic rings. The minimum Gasteiger partial charge on any atom is -0.508 e. The second-order valence-corrected chi connectivity index (χ2v) is 6.87. The van der Waals surface area contributed by atoms with E-state index in [1.165, 1.54) is 32.1 Å². The first kappa shape index (κ1) is 11.5. The van der Waals surface area contributed by atoms with Crippen LogP contribution in [0.3, 0.4) is 0 Å². The van der Waals surface area contributed by atoms with Crippen molar-refractivity contribution in [3.8, 4) is 5.75 Å². The number of phenols is 1. The Bertz CT molecular complexity index is 492. The van der Waals surface area contributed by atoms with Crippen LogP contribution >= 0.6 is 0 Å². The fourth-order valence-electron chi connectivity index (χ4n) is 5.20. The Balaban J connectivity index is 1.64. The average Bonchev–Trinajstić information content (AvgIpc) is 2.37. The molecule has 5 rings (SSSR count). The minimum atomic E-state index is 0.203. The molecule has 0 unspecified atom stereocenters. The molecule has 100 valence electrons. The minimum absolute atomic E-state index is 0.203. The van der Waals surface area contributed by atoms with E-state index in [0.717, 1.165) is 11.8 Å². The summed E-state index contributed by atoms with van der Waals surface area (Å²) in [7, 11) is 0. The van der Waals surface area contributed by atoms with Gasteiger partial charge >= 0.3 is 0 Å². The number of phenolic OH excluding ortho intramolecular Hbond substituents is 1. The van der Waals surface area contributed by atoms with Crippen LogP contribution < -0.4 is 0 Å². The lowest BCUT2D eigenvalue weighted by Crippen LogP contribution is -2.48. The topological polar surface area (TPSA) is 37.3 Å². The van der Waals surface area contributed by atoms with Crippen LogP contribution in [-0.2, 0) is 0 Å². The molecule has 1 N–H and O–H groups in total. The number of Topliss-reactive ketones (excluding diaryl/α,β-unsaturated/α-hetero) is 1. The lowest BCUT2D eigenvalue weighted by atomic mass is 9.51. The zero-order valence-corrected chi connectivity index (χ0v) is 11.1. The lowest BCUT2D eigenvalue weighted by molar-refractivity contribution is -0.0251. The van der Waals surface area contributed by atoms with Crippen molar-refractivity contribution in [3.05, 3.63) is 29.8 Å². The first-order valence-electron chi connectivity index (χ1n) is 7.54. The highest BCUT2D eigenvalue weighted by atomic mass is 16.3. The summed E-state index contributed by atoms with van der Waals surface area (Å²) in [6, 6.07) is 6.90. The third-order valence-electron chi connectivity index (χ3n) is 5.66. The Kier molecular flexibility index (Phi) is 2.48. The van der Waals surface area contributed by atoms with E-state index >= 15 is 0 Å². The molecule has 2 heteroatoms. The van der Waals surface area contributed by atoms with E-state index in [1.807, 2.05) is 6.07 Å². The number of ketones is 1. The quantitative estimate of drug-likeness (QED) is 0.820. The van der Waals surface area contributed by atoms with Crippen LogP contribution in [-0.4, -0.2) is 10.9 Å². The largest absolute Gasteiger partial charge is 0.508 e. The fourth-order valence-corrected chi connectivity index (χ4v) is 5.20. The van der Waals surface area contributed by atoms with Crippen LogP contribution in [0.1, 0.15) is 42.5 Å². The monoisotopic (exact) mass is 256 g/mol. The molecule has 0 aromatic heterocycles. The maximum absolute atomic E-state index is 12.8. The molecule has 4 aliphatic carbocycles. The predicted octanol–water partition coefficient (Wildman–Crippen LogP) is 3.65. The molecule has 0 heterocycles. The lowest BCUT2D eigenvalue weighted by Gasteiger charge is -2.53. The van der Waals surface area contributed by atoms with Crippen LogP contribution in [0.2, 0.25) is 0 Å². The zero-order valence-electron chi connectivity index (χ0n) is 11.1. The van der Waals surface area contributed by atoms with Gasteiger partial charge in [-0.05, 0) is 67.9 Å². The molecule has 0 spiro atoms. The molecule has 0 radical (unpaired) electrons. The van der Waals surface area contributed by atoms with E-state index in [0.29, 0.717) is 17.4 Å². The van der Waals surface area contributed by atoms with Crippen molar-refractivity contribution >= 4 is 5.78 Å². The number of hydrogen-bond donors (Lipinski definition) is 1. The zero-order chi connectivity index (χ0) is 13.0. The highest BCUT2D eigenvalue weighted by Gasteiger charge is 2.50. The summed E-state index contributed by atoms with van der Waals surface area (Å²) < 4.78 is 0. The van der Waals surface area contributed by atoms with Gasteiger partial charge in [0.25, 0.3) is 0 Å². The Labute approximate surface area is 113 Å². The van der Waals surface area contributed by atoms with E-state index < -0.39 is 0 Å². The highest BCUT2D eigenvalue weighted by molar-refractivity contribution is 5.98. The number of carbonyl (C=O) groups is 1. The van der Waals surface area contributed by atoms with Crippen LogP contribution in [0.4, 0.5) is 0 Å². The summed E-state index contributed by atoms with van der Waals surface area (Å²) in [5.41, 5.74) is 0.706. The number of carbonyl (C=O) groups excluding carboxylic acids is 1.